The van der Waals surface area contributed by atoms with Gasteiger partial charge in [0.1, 0.15) is 0 Å². The molecule has 0 saturated heterocycles. The molecule has 2 heteroatoms. The van der Waals surface area contributed by atoms with E-state index < -0.39 is 0 Å². The van der Waals surface area contributed by atoms with E-state index in [-0.39, 0.29) is 0 Å². The minimum Gasteiger partial charge on any atom is -0.313 e. The zero-order valence-electron chi connectivity index (χ0n) is 11.7. The summed E-state index contributed by atoms with van der Waals surface area (Å²) in [6.45, 7) is 4.80. The molecule has 1 aromatic rings. The molecule has 1 nitrogen and oxygen atoms in total. The third-order valence-electron chi connectivity index (χ3n) is 4.54. The maximum Gasteiger partial charge on any atom is 0.0453 e. The monoisotopic (exact) mass is 265 g/mol. The molecular weight excluding hydrogens is 242 g/mol. The molecule has 1 aromatic carbocycles. The molecule has 1 saturated carbocycles. The summed E-state index contributed by atoms with van der Waals surface area (Å²) < 4.78 is 0. The van der Waals surface area contributed by atoms with Crippen LogP contribution in [0.15, 0.2) is 24.3 Å². The lowest BCUT2D eigenvalue weighted by atomic mass is 9.65. The second-order valence-electron chi connectivity index (χ2n) is 6.13. The van der Waals surface area contributed by atoms with Crippen molar-refractivity contribution in [3.05, 3.63) is 34.9 Å². The first-order valence-electron chi connectivity index (χ1n) is 6.98. The van der Waals surface area contributed by atoms with Gasteiger partial charge >= 0.3 is 0 Å². The van der Waals surface area contributed by atoms with Gasteiger partial charge < -0.3 is 5.32 Å². The van der Waals surface area contributed by atoms with Crippen molar-refractivity contribution in [2.75, 3.05) is 7.05 Å². The normalized spacial score (nSPS) is 24.8. The molecule has 0 amide bonds. The number of hydrogen-bond donors (Lipinski definition) is 1. The number of rotatable bonds is 3. The van der Waals surface area contributed by atoms with E-state index in [0.29, 0.717) is 17.4 Å². The third kappa shape index (κ3) is 2.73. The summed E-state index contributed by atoms with van der Waals surface area (Å²) in [6, 6.07) is 8.62. The topological polar surface area (TPSA) is 12.0 Å². The predicted molar refractivity (Wildman–Crippen MR) is 79.0 cm³/mol. The van der Waals surface area contributed by atoms with E-state index in [9.17, 15) is 0 Å². The molecule has 1 aliphatic rings. The first kappa shape index (κ1) is 13.9. The van der Waals surface area contributed by atoms with Crippen molar-refractivity contribution < 1.29 is 0 Å². The first-order valence-corrected chi connectivity index (χ1v) is 7.36. The lowest BCUT2D eigenvalue weighted by Gasteiger charge is -2.43. The van der Waals surface area contributed by atoms with E-state index in [1.54, 1.807) is 0 Å². The van der Waals surface area contributed by atoms with Crippen molar-refractivity contribution in [2.45, 2.75) is 45.6 Å². The Morgan fingerprint density at radius 1 is 1.28 bits per heavy atom. The second kappa shape index (κ2) is 5.63. The van der Waals surface area contributed by atoms with Crippen molar-refractivity contribution in [3.8, 4) is 0 Å². The van der Waals surface area contributed by atoms with Gasteiger partial charge in [-0.15, -0.1) is 0 Å². The Morgan fingerprint density at radius 2 is 2.00 bits per heavy atom. The number of benzene rings is 1. The summed E-state index contributed by atoms with van der Waals surface area (Å²) in [4.78, 5) is 0. The van der Waals surface area contributed by atoms with Crippen LogP contribution in [0, 0.1) is 11.3 Å². The Labute approximate surface area is 116 Å². The van der Waals surface area contributed by atoms with Crippen LogP contribution < -0.4 is 5.32 Å². The molecule has 1 fully saturated rings. The average Bonchev–Trinajstić information content (AvgIpc) is 2.34. The Balaban J connectivity index is 2.31. The van der Waals surface area contributed by atoms with Crippen LogP contribution in [0.4, 0.5) is 0 Å². The summed E-state index contributed by atoms with van der Waals surface area (Å²) >= 11 is 6.37. The van der Waals surface area contributed by atoms with Gasteiger partial charge in [0.2, 0.25) is 0 Å². The molecule has 1 N–H and O–H groups in total. The lowest BCUT2D eigenvalue weighted by Crippen LogP contribution is -2.37. The standard InChI is InChI=1S/C16H24ClN/c1-16(2)11-7-6-9-13(16)15(18-3)12-8-4-5-10-14(12)17/h4-5,8,10,13,15,18H,6-7,9,11H2,1-3H3. The molecule has 1 aliphatic carbocycles. The molecule has 2 atom stereocenters. The summed E-state index contributed by atoms with van der Waals surface area (Å²) in [5.41, 5.74) is 1.65. The SMILES string of the molecule is CNC(c1ccccc1Cl)C1CCCCC1(C)C. The molecule has 0 spiro atoms. The quantitative estimate of drug-likeness (QED) is 0.826. The van der Waals surface area contributed by atoms with Gasteiger partial charge in [0, 0.05) is 11.1 Å². The van der Waals surface area contributed by atoms with Crippen LogP contribution in [0.25, 0.3) is 0 Å². The van der Waals surface area contributed by atoms with Crippen molar-refractivity contribution in [2.24, 2.45) is 11.3 Å². The third-order valence-corrected chi connectivity index (χ3v) is 4.89. The average molecular weight is 266 g/mol. The van der Waals surface area contributed by atoms with Gasteiger partial charge in [-0.25, -0.2) is 0 Å². The van der Waals surface area contributed by atoms with E-state index in [2.05, 4.69) is 38.3 Å². The van der Waals surface area contributed by atoms with E-state index in [0.717, 1.165) is 5.02 Å². The molecule has 0 heterocycles. The largest absolute Gasteiger partial charge is 0.313 e. The molecule has 0 aromatic heterocycles. The van der Waals surface area contributed by atoms with Gasteiger partial charge in [0.05, 0.1) is 0 Å². The maximum atomic E-state index is 6.37. The van der Waals surface area contributed by atoms with Crippen molar-refractivity contribution in [1.82, 2.24) is 5.32 Å². The van der Waals surface area contributed by atoms with Crippen LogP contribution in [0.3, 0.4) is 0 Å². The van der Waals surface area contributed by atoms with Gasteiger partial charge in [-0.05, 0) is 42.9 Å². The van der Waals surface area contributed by atoms with E-state index in [1.165, 1.54) is 31.2 Å². The summed E-state index contributed by atoms with van der Waals surface area (Å²) in [5.74, 6) is 0.663. The molecule has 0 aliphatic heterocycles. The smallest absolute Gasteiger partial charge is 0.0453 e. The van der Waals surface area contributed by atoms with Crippen LogP contribution in [0.1, 0.15) is 51.1 Å². The molecule has 0 bridgehead atoms. The Bertz CT molecular complexity index is 400. The fourth-order valence-corrected chi connectivity index (χ4v) is 3.69. The van der Waals surface area contributed by atoms with Crippen LogP contribution in [-0.2, 0) is 0 Å². The number of nitrogens with one attached hydrogen (secondary N) is 1. The van der Waals surface area contributed by atoms with E-state index >= 15 is 0 Å². The molecule has 0 radical (unpaired) electrons. The molecule has 2 unspecified atom stereocenters. The lowest BCUT2D eigenvalue weighted by molar-refractivity contribution is 0.101. The first-order chi connectivity index (χ1) is 8.56. The molecular formula is C16H24ClN. The highest BCUT2D eigenvalue weighted by atomic mass is 35.5. The molecule has 2 rings (SSSR count). The predicted octanol–water partition coefficient (Wildman–Crippen LogP) is 4.82. The molecule has 100 valence electrons. The van der Waals surface area contributed by atoms with Gasteiger partial charge in [0.15, 0.2) is 0 Å². The Kier molecular flexibility index (Phi) is 4.34. The fraction of sp³-hybridized carbons (Fsp3) is 0.625. The Hall–Kier alpha value is -0.530. The second-order valence-corrected chi connectivity index (χ2v) is 6.54. The number of hydrogen-bond acceptors (Lipinski definition) is 1. The zero-order valence-corrected chi connectivity index (χ0v) is 12.4. The zero-order chi connectivity index (χ0) is 13.2. The summed E-state index contributed by atoms with van der Waals surface area (Å²) in [6.07, 6.45) is 5.32. The van der Waals surface area contributed by atoms with Crippen LogP contribution >= 0.6 is 11.6 Å². The number of halogens is 1. The van der Waals surface area contributed by atoms with E-state index in [4.69, 9.17) is 11.6 Å². The highest BCUT2D eigenvalue weighted by molar-refractivity contribution is 6.31. The van der Waals surface area contributed by atoms with Crippen molar-refractivity contribution >= 4 is 11.6 Å². The highest BCUT2D eigenvalue weighted by Crippen LogP contribution is 2.47. The summed E-state index contributed by atoms with van der Waals surface area (Å²) in [5, 5.41) is 4.39. The fourth-order valence-electron chi connectivity index (χ4n) is 3.44. The van der Waals surface area contributed by atoms with Crippen molar-refractivity contribution in [1.29, 1.82) is 0 Å². The van der Waals surface area contributed by atoms with Gasteiger partial charge in [-0.3, -0.25) is 0 Å². The molecule has 18 heavy (non-hydrogen) atoms. The minimum atomic E-state index is 0.369. The minimum absolute atomic E-state index is 0.369. The van der Waals surface area contributed by atoms with Crippen LogP contribution in [0.2, 0.25) is 5.02 Å². The van der Waals surface area contributed by atoms with Crippen LogP contribution in [0.5, 0.6) is 0 Å². The van der Waals surface area contributed by atoms with Crippen molar-refractivity contribution in [3.63, 3.8) is 0 Å². The maximum absolute atomic E-state index is 6.37. The van der Waals surface area contributed by atoms with E-state index in [1.807, 2.05) is 12.1 Å². The van der Waals surface area contributed by atoms with Gasteiger partial charge in [-0.2, -0.15) is 0 Å². The Morgan fingerprint density at radius 3 is 2.61 bits per heavy atom. The highest BCUT2D eigenvalue weighted by Gasteiger charge is 2.38. The van der Waals surface area contributed by atoms with Gasteiger partial charge in [0.25, 0.3) is 0 Å². The van der Waals surface area contributed by atoms with Gasteiger partial charge in [-0.1, -0.05) is 56.5 Å². The van der Waals surface area contributed by atoms with Crippen LogP contribution in [-0.4, -0.2) is 7.05 Å². The summed E-state index contributed by atoms with van der Waals surface area (Å²) in [7, 11) is 2.05.